The molecule has 0 spiro atoms. The Morgan fingerprint density at radius 2 is 2.38 bits per heavy atom. The van der Waals surface area contributed by atoms with Crippen LogP contribution in [0.5, 0.6) is 0 Å². The van der Waals surface area contributed by atoms with Crippen molar-refractivity contribution in [2.45, 2.75) is 26.3 Å². The maximum Gasteiger partial charge on any atom is 0.171 e. The first-order valence-corrected chi connectivity index (χ1v) is 5.86. The molecule has 0 saturated carbocycles. The summed E-state index contributed by atoms with van der Waals surface area (Å²) in [6.45, 7) is 4.79. The van der Waals surface area contributed by atoms with E-state index in [4.69, 9.17) is 0 Å². The lowest BCUT2D eigenvalue weighted by molar-refractivity contribution is 0.111. The number of thiazole rings is 1. The first-order chi connectivity index (χ1) is 7.69. The van der Waals surface area contributed by atoms with Gasteiger partial charge in [-0.25, -0.2) is 9.67 Å². The molecule has 0 bridgehead atoms. The largest absolute Gasteiger partial charge is 0.296 e. The van der Waals surface area contributed by atoms with Gasteiger partial charge in [0.15, 0.2) is 6.29 Å². The molecule has 0 saturated heterocycles. The summed E-state index contributed by atoms with van der Waals surface area (Å²) in [6.07, 6.45) is 2.30. The van der Waals surface area contributed by atoms with Crippen molar-refractivity contribution in [2.24, 2.45) is 0 Å². The topological polar surface area (TPSA) is 60.7 Å². The van der Waals surface area contributed by atoms with E-state index in [2.05, 4.69) is 29.1 Å². The molecule has 0 atom stereocenters. The van der Waals surface area contributed by atoms with Crippen LogP contribution in [0.3, 0.4) is 0 Å². The number of hydrogen-bond acceptors (Lipinski definition) is 5. The molecule has 0 aromatic carbocycles. The highest BCUT2D eigenvalue weighted by molar-refractivity contribution is 7.09. The smallest absolute Gasteiger partial charge is 0.171 e. The summed E-state index contributed by atoms with van der Waals surface area (Å²) >= 11 is 1.65. The van der Waals surface area contributed by atoms with Crippen LogP contribution in [-0.4, -0.2) is 26.3 Å². The molecule has 0 radical (unpaired) electrons. The third-order valence-electron chi connectivity index (χ3n) is 2.06. The van der Waals surface area contributed by atoms with Gasteiger partial charge in [-0.2, -0.15) is 0 Å². The second-order valence-electron chi connectivity index (χ2n) is 3.79. The molecule has 5 nitrogen and oxygen atoms in total. The van der Waals surface area contributed by atoms with E-state index in [-0.39, 0.29) is 0 Å². The summed E-state index contributed by atoms with van der Waals surface area (Å²) in [4.78, 5) is 14.9. The lowest BCUT2D eigenvalue weighted by Crippen LogP contribution is -2.01. The number of carbonyl (C=O) groups is 1. The quantitative estimate of drug-likeness (QED) is 0.758. The summed E-state index contributed by atoms with van der Waals surface area (Å²) < 4.78 is 1.61. The van der Waals surface area contributed by atoms with Gasteiger partial charge in [-0.1, -0.05) is 19.1 Å². The zero-order valence-corrected chi connectivity index (χ0v) is 9.94. The fourth-order valence-corrected chi connectivity index (χ4v) is 2.10. The van der Waals surface area contributed by atoms with Crippen molar-refractivity contribution in [1.82, 2.24) is 20.0 Å². The molecule has 2 heterocycles. The van der Waals surface area contributed by atoms with Crippen LogP contribution >= 0.6 is 11.3 Å². The molecule has 0 aliphatic rings. The molecular weight excluding hydrogens is 224 g/mol. The van der Waals surface area contributed by atoms with Crippen LogP contribution in [0.25, 0.3) is 0 Å². The van der Waals surface area contributed by atoms with Gasteiger partial charge in [0.1, 0.15) is 5.69 Å². The molecule has 0 unspecified atom stereocenters. The van der Waals surface area contributed by atoms with Gasteiger partial charge in [-0.05, 0) is 0 Å². The Balaban J connectivity index is 2.11. The molecule has 84 valence electrons. The zero-order chi connectivity index (χ0) is 11.5. The highest BCUT2D eigenvalue weighted by atomic mass is 32.1. The van der Waals surface area contributed by atoms with E-state index in [0.717, 1.165) is 10.7 Å². The van der Waals surface area contributed by atoms with Crippen LogP contribution in [0, 0.1) is 0 Å². The third-order valence-corrected chi connectivity index (χ3v) is 3.26. The van der Waals surface area contributed by atoms with Crippen LogP contribution < -0.4 is 0 Å². The minimum absolute atomic E-state index is 0.347. The predicted molar refractivity (Wildman–Crippen MR) is 60.7 cm³/mol. The van der Waals surface area contributed by atoms with Crippen LogP contribution in [0.2, 0.25) is 0 Å². The summed E-state index contributed by atoms with van der Waals surface area (Å²) in [6, 6.07) is 0. The monoisotopic (exact) mass is 236 g/mol. The highest BCUT2D eigenvalue weighted by Gasteiger charge is 2.07. The number of nitrogens with zero attached hydrogens (tertiary/aromatic N) is 4. The lowest BCUT2D eigenvalue weighted by atomic mass is 10.2. The van der Waals surface area contributed by atoms with Gasteiger partial charge < -0.3 is 0 Å². The van der Waals surface area contributed by atoms with Gasteiger partial charge in [0.25, 0.3) is 0 Å². The number of aldehydes is 1. The van der Waals surface area contributed by atoms with Gasteiger partial charge in [0, 0.05) is 11.3 Å². The van der Waals surface area contributed by atoms with Crippen molar-refractivity contribution < 1.29 is 4.79 Å². The molecular formula is C10H12N4OS. The molecule has 0 N–H and O–H groups in total. The maximum absolute atomic E-state index is 10.4. The minimum Gasteiger partial charge on any atom is -0.296 e. The van der Waals surface area contributed by atoms with E-state index < -0.39 is 0 Å². The molecule has 0 aliphatic heterocycles. The number of hydrogen-bond donors (Lipinski definition) is 0. The average molecular weight is 236 g/mol. The molecule has 2 aromatic heterocycles. The van der Waals surface area contributed by atoms with Crippen molar-refractivity contribution in [3.8, 4) is 0 Å². The SMILES string of the molecule is CC(C)c1nc(Cn2cc(C=O)nn2)cs1. The summed E-state index contributed by atoms with van der Waals surface area (Å²) in [7, 11) is 0. The predicted octanol–water partition coefficient (Wildman–Crippen LogP) is 1.72. The Morgan fingerprint density at radius 1 is 1.56 bits per heavy atom. The van der Waals surface area contributed by atoms with Crippen molar-refractivity contribution in [2.75, 3.05) is 0 Å². The highest BCUT2D eigenvalue weighted by Crippen LogP contribution is 2.19. The van der Waals surface area contributed by atoms with E-state index in [1.165, 1.54) is 0 Å². The van der Waals surface area contributed by atoms with Crippen molar-refractivity contribution in [1.29, 1.82) is 0 Å². The average Bonchev–Trinajstić information content (AvgIpc) is 2.87. The maximum atomic E-state index is 10.4. The fraction of sp³-hybridized carbons (Fsp3) is 0.400. The van der Waals surface area contributed by atoms with Crippen molar-refractivity contribution in [3.63, 3.8) is 0 Å². The van der Waals surface area contributed by atoms with Crippen LogP contribution in [0.1, 0.15) is 41.0 Å². The Morgan fingerprint density at radius 3 is 2.94 bits per heavy atom. The van der Waals surface area contributed by atoms with Gasteiger partial charge >= 0.3 is 0 Å². The second kappa shape index (κ2) is 4.52. The first-order valence-electron chi connectivity index (χ1n) is 4.98. The standard InChI is InChI=1S/C10H12N4OS/c1-7(2)10-11-9(6-16-10)4-14-3-8(5-15)12-13-14/h3,5-7H,4H2,1-2H3. The molecule has 2 rings (SSSR count). The number of aromatic nitrogens is 4. The normalized spacial score (nSPS) is 10.9. The summed E-state index contributed by atoms with van der Waals surface area (Å²) in [5.41, 5.74) is 1.30. The lowest BCUT2D eigenvalue weighted by Gasteiger charge is -1.97. The number of rotatable bonds is 4. The summed E-state index contributed by atoms with van der Waals surface area (Å²) in [5, 5.41) is 10.7. The van der Waals surface area contributed by atoms with Crippen LogP contribution in [0.4, 0.5) is 0 Å². The van der Waals surface area contributed by atoms with E-state index >= 15 is 0 Å². The van der Waals surface area contributed by atoms with Gasteiger partial charge in [-0.15, -0.1) is 16.4 Å². The van der Waals surface area contributed by atoms with E-state index in [1.807, 2.05) is 5.38 Å². The van der Waals surface area contributed by atoms with Gasteiger partial charge in [-0.3, -0.25) is 4.79 Å². The molecule has 2 aromatic rings. The molecule has 16 heavy (non-hydrogen) atoms. The zero-order valence-electron chi connectivity index (χ0n) is 9.12. The van der Waals surface area contributed by atoms with Crippen LogP contribution in [-0.2, 0) is 6.54 Å². The first kappa shape index (κ1) is 10.9. The van der Waals surface area contributed by atoms with Crippen molar-refractivity contribution >= 4 is 17.6 Å². The molecule has 0 amide bonds. The van der Waals surface area contributed by atoms with E-state index in [1.54, 1.807) is 22.2 Å². The Hall–Kier alpha value is -1.56. The molecule has 0 fully saturated rings. The molecule has 0 aliphatic carbocycles. The Labute approximate surface area is 97.1 Å². The van der Waals surface area contributed by atoms with Crippen LogP contribution in [0.15, 0.2) is 11.6 Å². The Kier molecular flexibility index (Phi) is 3.09. The summed E-state index contributed by atoms with van der Waals surface area (Å²) in [5.74, 6) is 0.444. The van der Waals surface area contributed by atoms with E-state index in [0.29, 0.717) is 24.4 Å². The minimum atomic E-state index is 0.347. The van der Waals surface area contributed by atoms with Gasteiger partial charge in [0.05, 0.1) is 23.4 Å². The Bertz CT molecular complexity index is 488. The number of carbonyl (C=O) groups excluding carboxylic acids is 1. The molecule has 6 heteroatoms. The van der Waals surface area contributed by atoms with Gasteiger partial charge in [0.2, 0.25) is 0 Å². The van der Waals surface area contributed by atoms with E-state index in [9.17, 15) is 4.79 Å². The third kappa shape index (κ3) is 2.33. The van der Waals surface area contributed by atoms with Crippen molar-refractivity contribution in [3.05, 3.63) is 28.0 Å². The fourth-order valence-electron chi connectivity index (χ4n) is 1.27. The second-order valence-corrected chi connectivity index (χ2v) is 4.68.